The van der Waals surface area contributed by atoms with Crippen LogP contribution < -0.4 is 9.47 Å². The average Bonchev–Trinajstić information content (AvgIpc) is 2.96. The van der Waals surface area contributed by atoms with Crippen LogP contribution >= 0.6 is 0 Å². The number of aliphatic hydroxyl groups is 1. The SMILES string of the molecule is COc1ccc(C(=O)C2(c3ccccc3)Oc3ccccc3C2(C)O)cc1. The van der Waals surface area contributed by atoms with Crippen molar-refractivity contribution in [3.63, 3.8) is 0 Å². The summed E-state index contributed by atoms with van der Waals surface area (Å²) in [6.45, 7) is 1.63. The van der Waals surface area contributed by atoms with Crippen LogP contribution in [-0.2, 0) is 11.2 Å². The van der Waals surface area contributed by atoms with Crippen LogP contribution in [0.4, 0.5) is 0 Å². The molecule has 0 amide bonds. The van der Waals surface area contributed by atoms with E-state index in [-0.39, 0.29) is 5.78 Å². The molecule has 0 fully saturated rings. The molecule has 27 heavy (non-hydrogen) atoms. The topological polar surface area (TPSA) is 55.8 Å². The van der Waals surface area contributed by atoms with Gasteiger partial charge in [-0.3, -0.25) is 4.79 Å². The number of ketones is 1. The molecule has 0 aromatic heterocycles. The molecule has 4 heteroatoms. The minimum atomic E-state index is -1.58. The molecule has 2 atom stereocenters. The first-order valence-corrected chi connectivity index (χ1v) is 8.76. The lowest BCUT2D eigenvalue weighted by atomic mass is 9.72. The molecule has 4 nitrogen and oxygen atoms in total. The fourth-order valence-corrected chi connectivity index (χ4v) is 3.77. The number of Topliss-reactive ketones (excluding diaryl/α,β-unsaturated/α-hetero) is 1. The van der Waals surface area contributed by atoms with Gasteiger partial charge in [0.2, 0.25) is 11.4 Å². The Morgan fingerprint density at radius 2 is 1.56 bits per heavy atom. The standard InChI is InChI=1S/C23H20O4/c1-22(25)19-10-6-7-11-20(19)27-23(22,17-8-4-3-5-9-17)21(24)16-12-14-18(26-2)15-13-16/h3-15,25H,1-2H3. The number of methoxy groups -OCH3 is 1. The summed E-state index contributed by atoms with van der Waals surface area (Å²) in [6.07, 6.45) is 0. The molecule has 0 saturated carbocycles. The molecule has 1 heterocycles. The van der Waals surface area contributed by atoms with E-state index in [9.17, 15) is 9.90 Å². The van der Waals surface area contributed by atoms with Gasteiger partial charge in [-0.25, -0.2) is 0 Å². The third-order valence-corrected chi connectivity index (χ3v) is 5.21. The molecular formula is C23H20O4. The second-order valence-corrected chi connectivity index (χ2v) is 6.78. The molecule has 4 rings (SSSR count). The molecular weight excluding hydrogens is 340 g/mol. The molecule has 0 radical (unpaired) electrons. The highest BCUT2D eigenvalue weighted by Crippen LogP contribution is 2.54. The number of carbonyl (C=O) groups excluding carboxylic acids is 1. The highest BCUT2D eigenvalue weighted by Gasteiger charge is 2.62. The van der Waals surface area contributed by atoms with Crippen LogP contribution in [0.1, 0.15) is 28.4 Å². The van der Waals surface area contributed by atoms with Crippen molar-refractivity contribution in [3.8, 4) is 11.5 Å². The molecule has 1 aliphatic rings. The van der Waals surface area contributed by atoms with Crippen molar-refractivity contribution in [2.24, 2.45) is 0 Å². The summed E-state index contributed by atoms with van der Waals surface area (Å²) in [7, 11) is 1.57. The predicted octanol–water partition coefficient (Wildman–Crippen LogP) is 4.07. The summed E-state index contributed by atoms with van der Waals surface area (Å²) < 4.78 is 11.4. The summed E-state index contributed by atoms with van der Waals surface area (Å²) in [4.78, 5) is 13.7. The molecule has 0 bridgehead atoms. The van der Waals surface area contributed by atoms with Gasteiger partial charge in [0.25, 0.3) is 0 Å². The molecule has 136 valence electrons. The Balaban J connectivity index is 1.92. The van der Waals surface area contributed by atoms with Crippen LogP contribution in [-0.4, -0.2) is 18.0 Å². The Labute approximate surface area is 158 Å². The first-order chi connectivity index (χ1) is 13.0. The number of carbonyl (C=O) groups is 1. The smallest absolute Gasteiger partial charge is 0.228 e. The Morgan fingerprint density at radius 3 is 2.19 bits per heavy atom. The third-order valence-electron chi connectivity index (χ3n) is 5.21. The summed E-state index contributed by atoms with van der Waals surface area (Å²) in [5, 5.41) is 11.6. The first-order valence-electron chi connectivity index (χ1n) is 8.76. The van der Waals surface area contributed by atoms with E-state index in [1.54, 1.807) is 50.4 Å². The highest BCUT2D eigenvalue weighted by molar-refractivity contribution is 6.05. The molecule has 0 saturated heterocycles. The molecule has 2 unspecified atom stereocenters. The van der Waals surface area contributed by atoms with E-state index >= 15 is 0 Å². The van der Waals surface area contributed by atoms with Crippen LogP contribution in [0.15, 0.2) is 78.9 Å². The lowest BCUT2D eigenvalue weighted by molar-refractivity contribution is -0.0833. The molecule has 1 aliphatic heterocycles. The maximum absolute atomic E-state index is 13.7. The zero-order chi connectivity index (χ0) is 19.1. The quantitative estimate of drug-likeness (QED) is 0.713. The Bertz CT molecular complexity index is 977. The van der Waals surface area contributed by atoms with Gasteiger partial charge in [0.1, 0.15) is 17.1 Å². The van der Waals surface area contributed by atoms with Crippen LogP contribution in [0.3, 0.4) is 0 Å². The van der Waals surface area contributed by atoms with Gasteiger partial charge in [-0.05, 0) is 37.3 Å². The van der Waals surface area contributed by atoms with Gasteiger partial charge in [-0.2, -0.15) is 0 Å². The van der Waals surface area contributed by atoms with Crippen molar-refractivity contribution in [2.75, 3.05) is 7.11 Å². The Kier molecular flexibility index (Phi) is 4.01. The average molecular weight is 360 g/mol. The molecule has 0 spiro atoms. The normalized spacial score (nSPS) is 23.4. The van der Waals surface area contributed by atoms with E-state index < -0.39 is 11.2 Å². The second-order valence-electron chi connectivity index (χ2n) is 6.78. The van der Waals surface area contributed by atoms with Gasteiger partial charge in [-0.15, -0.1) is 0 Å². The van der Waals surface area contributed by atoms with E-state index in [1.165, 1.54) is 0 Å². The van der Waals surface area contributed by atoms with Crippen molar-refractivity contribution in [3.05, 3.63) is 95.6 Å². The molecule has 3 aromatic rings. The maximum atomic E-state index is 13.7. The van der Waals surface area contributed by atoms with Gasteiger partial charge in [-0.1, -0.05) is 48.5 Å². The minimum Gasteiger partial charge on any atom is -0.497 e. The van der Waals surface area contributed by atoms with Crippen molar-refractivity contribution >= 4 is 5.78 Å². The highest BCUT2D eigenvalue weighted by atomic mass is 16.5. The number of hydrogen-bond donors (Lipinski definition) is 1. The summed E-state index contributed by atoms with van der Waals surface area (Å²) in [5.41, 5.74) is -1.48. The summed E-state index contributed by atoms with van der Waals surface area (Å²) in [6, 6.07) is 23.2. The number of para-hydroxylation sites is 1. The van der Waals surface area contributed by atoms with E-state index in [0.29, 0.717) is 28.2 Å². The Morgan fingerprint density at radius 1 is 0.926 bits per heavy atom. The number of benzene rings is 3. The van der Waals surface area contributed by atoms with Gasteiger partial charge in [0.05, 0.1) is 7.11 Å². The fraction of sp³-hybridized carbons (Fsp3) is 0.174. The monoisotopic (exact) mass is 360 g/mol. The van der Waals surface area contributed by atoms with Crippen molar-refractivity contribution in [1.82, 2.24) is 0 Å². The molecule has 3 aromatic carbocycles. The second kappa shape index (κ2) is 6.25. The minimum absolute atomic E-state index is 0.308. The Hall–Kier alpha value is -3.11. The fourth-order valence-electron chi connectivity index (χ4n) is 3.77. The van der Waals surface area contributed by atoms with Gasteiger partial charge in [0, 0.05) is 16.7 Å². The van der Waals surface area contributed by atoms with E-state index in [2.05, 4.69) is 0 Å². The van der Waals surface area contributed by atoms with Crippen LogP contribution in [0, 0.1) is 0 Å². The van der Waals surface area contributed by atoms with Crippen molar-refractivity contribution in [2.45, 2.75) is 18.1 Å². The van der Waals surface area contributed by atoms with Gasteiger partial charge < -0.3 is 14.6 Å². The van der Waals surface area contributed by atoms with E-state index in [1.807, 2.05) is 42.5 Å². The number of fused-ring (bicyclic) bond motifs is 1. The molecule has 0 aliphatic carbocycles. The van der Waals surface area contributed by atoms with Gasteiger partial charge >= 0.3 is 0 Å². The largest absolute Gasteiger partial charge is 0.497 e. The lowest BCUT2D eigenvalue weighted by Gasteiger charge is -2.38. The third kappa shape index (κ3) is 2.45. The number of ether oxygens (including phenoxy) is 2. The van der Waals surface area contributed by atoms with E-state index in [0.717, 1.165) is 0 Å². The lowest BCUT2D eigenvalue weighted by Crippen LogP contribution is -2.53. The number of hydrogen-bond acceptors (Lipinski definition) is 4. The first kappa shape index (κ1) is 17.3. The maximum Gasteiger partial charge on any atom is 0.228 e. The zero-order valence-electron chi connectivity index (χ0n) is 15.2. The number of rotatable bonds is 4. The zero-order valence-corrected chi connectivity index (χ0v) is 15.2. The van der Waals surface area contributed by atoms with Crippen LogP contribution in [0.25, 0.3) is 0 Å². The predicted molar refractivity (Wildman–Crippen MR) is 102 cm³/mol. The summed E-state index contributed by atoms with van der Waals surface area (Å²) >= 11 is 0. The van der Waals surface area contributed by atoms with Crippen LogP contribution in [0.5, 0.6) is 11.5 Å². The van der Waals surface area contributed by atoms with Crippen molar-refractivity contribution in [1.29, 1.82) is 0 Å². The summed E-state index contributed by atoms with van der Waals surface area (Å²) in [5.74, 6) is 0.855. The molecule has 1 N–H and O–H groups in total. The van der Waals surface area contributed by atoms with Crippen LogP contribution in [0.2, 0.25) is 0 Å². The van der Waals surface area contributed by atoms with Gasteiger partial charge in [0.15, 0.2) is 0 Å². The van der Waals surface area contributed by atoms with Crippen molar-refractivity contribution < 1.29 is 19.4 Å². The van der Waals surface area contributed by atoms with E-state index in [4.69, 9.17) is 9.47 Å².